The Labute approximate surface area is 131 Å². The van der Waals surface area contributed by atoms with Crippen LogP contribution in [0.4, 0.5) is 11.4 Å². The molecule has 23 heavy (non-hydrogen) atoms. The number of carbonyl (C=O) groups is 2. The van der Waals surface area contributed by atoms with E-state index in [-0.39, 0.29) is 11.3 Å². The lowest BCUT2D eigenvalue weighted by atomic mass is 10.1. The lowest BCUT2D eigenvalue weighted by Crippen LogP contribution is -2.18. The SMILES string of the molecule is CC(=O)/C(=C\c1cccnc1)C(=O)Nc1ccc([N+](=O)[O-])cc1. The number of aromatic nitrogens is 1. The molecule has 2 rings (SSSR count). The van der Waals surface area contributed by atoms with E-state index in [4.69, 9.17) is 0 Å². The first-order chi connectivity index (χ1) is 11.0. The van der Waals surface area contributed by atoms with Gasteiger partial charge in [0.15, 0.2) is 5.78 Å². The molecule has 7 nitrogen and oxygen atoms in total. The fraction of sp³-hybridized carbons (Fsp3) is 0.0625. The number of non-ortho nitro benzene ring substituents is 1. The van der Waals surface area contributed by atoms with E-state index in [1.165, 1.54) is 43.5 Å². The molecule has 0 aliphatic carbocycles. The van der Waals surface area contributed by atoms with E-state index < -0.39 is 16.6 Å². The molecule has 0 aliphatic rings. The van der Waals surface area contributed by atoms with Gasteiger partial charge in [-0.3, -0.25) is 24.7 Å². The third kappa shape index (κ3) is 4.31. The van der Waals surface area contributed by atoms with E-state index in [1.54, 1.807) is 18.3 Å². The number of ketones is 1. The van der Waals surface area contributed by atoms with Crippen molar-refractivity contribution in [2.45, 2.75) is 6.92 Å². The first-order valence-electron chi connectivity index (χ1n) is 6.66. The van der Waals surface area contributed by atoms with Crippen LogP contribution in [-0.4, -0.2) is 21.6 Å². The Hall–Kier alpha value is -3.35. The predicted molar refractivity (Wildman–Crippen MR) is 84.6 cm³/mol. The minimum Gasteiger partial charge on any atom is -0.322 e. The zero-order chi connectivity index (χ0) is 16.8. The third-order valence-corrected chi connectivity index (χ3v) is 2.96. The smallest absolute Gasteiger partial charge is 0.269 e. The highest BCUT2D eigenvalue weighted by atomic mass is 16.6. The van der Waals surface area contributed by atoms with E-state index in [0.717, 1.165) is 0 Å². The number of hydrogen-bond acceptors (Lipinski definition) is 5. The van der Waals surface area contributed by atoms with E-state index in [2.05, 4.69) is 10.3 Å². The number of nitro groups is 1. The molecular weight excluding hydrogens is 298 g/mol. The number of anilines is 1. The molecule has 1 aromatic carbocycles. The standard InChI is InChI=1S/C16H13N3O4/c1-11(20)15(9-12-3-2-8-17-10-12)16(21)18-13-4-6-14(7-5-13)19(22)23/h2-10H,1H3,(H,18,21)/b15-9+. The summed E-state index contributed by atoms with van der Waals surface area (Å²) in [5.74, 6) is -0.983. The summed E-state index contributed by atoms with van der Waals surface area (Å²) in [7, 11) is 0. The van der Waals surface area contributed by atoms with Crippen LogP contribution < -0.4 is 5.32 Å². The number of nitro benzene ring substituents is 1. The van der Waals surface area contributed by atoms with Crippen LogP contribution in [-0.2, 0) is 9.59 Å². The maximum absolute atomic E-state index is 12.2. The molecule has 0 atom stereocenters. The summed E-state index contributed by atoms with van der Waals surface area (Å²) in [5.41, 5.74) is 0.868. The van der Waals surface area contributed by atoms with Crippen LogP contribution in [0.15, 0.2) is 54.4 Å². The topological polar surface area (TPSA) is 102 Å². The lowest BCUT2D eigenvalue weighted by molar-refractivity contribution is -0.384. The molecule has 1 aromatic heterocycles. The number of carbonyl (C=O) groups excluding carboxylic acids is 2. The van der Waals surface area contributed by atoms with Crippen LogP contribution in [0.5, 0.6) is 0 Å². The van der Waals surface area contributed by atoms with Gasteiger partial charge in [0.2, 0.25) is 0 Å². The van der Waals surface area contributed by atoms with Gasteiger partial charge in [0, 0.05) is 30.2 Å². The number of amides is 1. The average molecular weight is 311 g/mol. The minimum absolute atomic E-state index is 0.0312. The number of nitrogens with one attached hydrogen (secondary N) is 1. The number of benzene rings is 1. The normalized spacial score (nSPS) is 10.9. The quantitative estimate of drug-likeness (QED) is 0.300. The zero-order valence-electron chi connectivity index (χ0n) is 12.2. The lowest BCUT2D eigenvalue weighted by Gasteiger charge is -2.06. The van der Waals surface area contributed by atoms with Gasteiger partial charge in [0.25, 0.3) is 11.6 Å². The highest BCUT2D eigenvalue weighted by Crippen LogP contribution is 2.17. The molecule has 2 aromatic rings. The number of rotatable bonds is 5. The van der Waals surface area contributed by atoms with Crippen LogP contribution in [0.2, 0.25) is 0 Å². The van der Waals surface area contributed by atoms with Crippen molar-refractivity contribution in [3.63, 3.8) is 0 Å². The second-order valence-electron chi connectivity index (χ2n) is 4.66. The van der Waals surface area contributed by atoms with Crippen molar-refractivity contribution in [2.75, 3.05) is 5.32 Å². The fourth-order valence-electron chi connectivity index (χ4n) is 1.82. The first kappa shape index (κ1) is 16.0. The minimum atomic E-state index is -0.588. The van der Waals surface area contributed by atoms with Crippen molar-refractivity contribution >= 4 is 29.1 Å². The van der Waals surface area contributed by atoms with E-state index in [0.29, 0.717) is 11.3 Å². The Morgan fingerprint density at radius 2 is 1.91 bits per heavy atom. The summed E-state index contributed by atoms with van der Waals surface area (Å²) in [6, 6.07) is 8.75. The van der Waals surface area contributed by atoms with Crippen LogP contribution in [0.1, 0.15) is 12.5 Å². The predicted octanol–water partition coefficient (Wildman–Crippen LogP) is 2.60. The molecule has 0 fully saturated rings. The summed E-state index contributed by atoms with van der Waals surface area (Å²) in [5, 5.41) is 13.1. The molecule has 7 heteroatoms. The van der Waals surface area contributed by atoms with Gasteiger partial charge in [0.1, 0.15) is 0 Å². The van der Waals surface area contributed by atoms with Gasteiger partial charge in [-0.2, -0.15) is 0 Å². The summed E-state index contributed by atoms with van der Waals surface area (Å²) in [6.45, 7) is 1.29. The second kappa shape index (κ2) is 7.08. The fourth-order valence-corrected chi connectivity index (χ4v) is 1.82. The molecule has 0 radical (unpaired) electrons. The van der Waals surface area contributed by atoms with Crippen LogP contribution in [0, 0.1) is 10.1 Å². The molecule has 1 N–H and O–H groups in total. The molecule has 0 spiro atoms. The third-order valence-electron chi connectivity index (χ3n) is 2.96. The van der Waals surface area contributed by atoms with E-state index in [1.807, 2.05) is 0 Å². The Morgan fingerprint density at radius 1 is 1.22 bits per heavy atom. The number of Topliss-reactive ketones (excluding diaryl/α,β-unsaturated/α-hetero) is 1. The maximum atomic E-state index is 12.2. The van der Waals surface area contributed by atoms with E-state index in [9.17, 15) is 19.7 Å². The largest absolute Gasteiger partial charge is 0.322 e. The zero-order valence-corrected chi connectivity index (χ0v) is 12.2. The second-order valence-corrected chi connectivity index (χ2v) is 4.66. The van der Waals surface area contributed by atoms with Crippen LogP contribution in [0.25, 0.3) is 6.08 Å². The molecule has 0 saturated heterocycles. The maximum Gasteiger partial charge on any atom is 0.269 e. The average Bonchev–Trinajstić information content (AvgIpc) is 2.53. The van der Waals surface area contributed by atoms with Gasteiger partial charge in [-0.25, -0.2) is 0 Å². The molecule has 116 valence electrons. The van der Waals surface area contributed by atoms with Crippen molar-refractivity contribution in [2.24, 2.45) is 0 Å². The molecule has 0 aliphatic heterocycles. The van der Waals surface area contributed by atoms with Crippen LogP contribution >= 0.6 is 0 Å². The molecular formula is C16H13N3O4. The molecule has 0 bridgehead atoms. The van der Waals surface area contributed by atoms with Crippen LogP contribution in [0.3, 0.4) is 0 Å². The Balaban J connectivity index is 2.20. The van der Waals surface area contributed by atoms with Crippen molar-refractivity contribution in [3.05, 3.63) is 70.0 Å². The molecule has 0 unspecified atom stereocenters. The monoisotopic (exact) mass is 311 g/mol. The summed E-state index contributed by atoms with van der Waals surface area (Å²) in [6.07, 6.45) is 4.56. The summed E-state index contributed by atoms with van der Waals surface area (Å²) < 4.78 is 0. The van der Waals surface area contributed by atoms with Gasteiger partial charge < -0.3 is 5.32 Å². The van der Waals surface area contributed by atoms with E-state index >= 15 is 0 Å². The Morgan fingerprint density at radius 3 is 2.43 bits per heavy atom. The Bertz CT molecular complexity index is 768. The van der Waals surface area contributed by atoms with Gasteiger partial charge in [-0.15, -0.1) is 0 Å². The van der Waals surface area contributed by atoms with Gasteiger partial charge in [0.05, 0.1) is 10.5 Å². The number of hydrogen-bond donors (Lipinski definition) is 1. The molecule has 0 saturated carbocycles. The van der Waals surface area contributed by atoms with Crippen molar-refractivity contribution < 1.29 is 14.5 Å². The van der Waals surface area contributed by atoms with Gasteiger partial charge in [-0.1, -0.05) is 6.07 Å². The number of pyridine rings is 1. The van der Waals surface area contributed by atoms with Crippen molar-refractivity contribution in [1.29, 1.82) is 0 Å². The Kier molecular flexibility index (Phi) is 4.93. The molecule has 1 amide bonds. The highest BCUT2D eigenvalue weighted by Gasteiger charge is 2.15. The summed E-state index contributed by atoms with van der Waals surface area (Å²) in [4.78, 5) is 37.9. The first-order valence-corrected chi connectivity index (χ1v) is 6.66. The van der Waals surface area contributed by atoms with Gasteiger partial charge in [-0.05, 0) is 36.8 Å². The number of nitrogens with zero attached hydrogens (tertiary/aromatic N) is 2. The van der Waals surface area contributed by atoms with Crippen molar-refractivity contribution in [3.8, 4) is 0 Å². The highest BCUT2D eigenvalue weighted by molar-refractivity contribution is 6.25. The van der Waals surface area contributed by atoms with Crippen molar-refractivity contribution in [1.82, 2.24) is 4.98 Å². The molecule has 1 heterocycles. The summed E-state index contributed by atoms with van der Waals surface area (Å²) >= 11 is 0. The van der Waals surface area contributed by atoms with Gasteiger partial charge >= 0.3 is 0 Å².